The van der Waals surface area contributed by atoms with Crippen LogP contribution in [0.1, 0.15) is 36.8 Å². The summed E-state index contributed by atoms with van der Waals surface area (Å²) in [5, 5.41) is 5.93. The van der Waals surface area contributed by atoms with E-state index in [1.54, 1.807) is 12.4 Å². The minimum Gasteiger partial charge on any atom is -0.415 e. The van der Waals surface area contributed by atoms with Gasteiger partial charge in [0.05, 0.1) is 5.69 Å². The van der Waals surface area contributed by atoms with E-state index in [0.717, 1.165) is 16.9 Å². The number of amides is 2. The zero-order valence-corrected chi connectivity index (χ0v) is 17.4. The molecule has 0 bridgehead atoms. The van der Waals surface area contributed by atoms with Crippen molar-refractivity contribution in [2.45, 2.75) is 32.6 Å². The number of thiophene rings is 1. The predicted molar refractivity (Wildman–Crippen MR) is 116 cm³/mol. The molecule has 2 amide bonds. The van der Waals surface area contributed by atoms with Gasteiger partial charge < -0.3 is 15.4 Å². The van der Waals surface area contributed by atoms with Crippen molar-refractivity contribution in [1.82, 2.24) is 4.98 Å². The number of pyridine rings is 1. The number of hydrogen-bond donors (Lipinski definition) is 2. The summed E-state index contributed by atoms with van der Waals surface area (Å²) >= 11 is 1.34. The minimum atomic E-state index is -0.402. The lowest BCUT2D eigenvalue weighted by Gasteiger charge is -2.14. The molecule has 2 aromatic heterocycles. The smallest absolute Gasteiger partial charge is 0.323 e. The lowest BCUT2D eigenvalue weighted by Crippen LogP contribution is -2.19. The molecule has 2 heterocycles. The normalized spacial score (nSPS) is 11.0. The number of carbonyl (C=O) groups excluding carboxylic acids is 2. The molecule has 0 spiro atoms. The molecule has 0 radical (unpaired) electrons. The molecular formula is C22H23N3O3S. The van der Waals surface area contributed by atoms with Crippen LogP contribution in [0.4, 0.5) is 16.2 Å². The van der Waals surface area contributed by atoms with Crippen LogP contribution in [0.3, 0.4) is 0 Å². The number of nitrogens with zero attached hydrogens (tertiary/aromatic N) is 1. The third kappa shape index (κ3) is 5.65. The van der Waals surface area contributed by atoms with Gasteiger partial charge in [0.2, 0.25) is 5.06 Å². The first-order chi connectivity index (χ1) is 13.8. The van der Waals surface area contributed by atoms with Gasteiger partial charge in [-0.3, -0.25) is 9.78 Å². The van der Waals surface area contributed by atoms with Crippen molar-refractivity contribution in [3.05, 3.63) is 70.9 Å². The van der Waals surface area contributed by atoms with Gasteiger partial charge in [0.1, 0.15) is 0 Å². The summed E-state index contributed by atoms with van der Waals surface area (Å²) in [5.74, 6) is 0. The molecule has 0 fully saturated rings. The van der Waals surface area contributed by atoms with Crippen molar-refractivity contribution in [2.75, 3.05) is 10.6 Å². The van der Waals surface area contributed by atoms with Gasteiger partial charge in [-0.25, -0.2) is 4.79 Å². The van der Waals surface area contributed by atoms with Crippen molar-refractivity contribution in [3.8, 4) is 5.06 Å². The number of urea groups is 1. The second-order valence-corrected chi connectivity index (χ2v) is 8.60. The van der Waals surface area contributed by atoms with Gasteiger partial charge in [0.15, 0.2) is 0 Å². The van der Waals surface area contributed by atoms with E-state index in [9.17, 15) is 9.59 Å². The highest BCUT2D eigenvalue weighted by molar-refractivity contribution is 7.14. The highest BCUT2D eigenvalue weighted by Gasteiger charge is 2.21. The molecule has 3 rings (SSSR count). The van der Waals surface area contributed by atoms with Crippen LogP contribution in [0.25, 0.3) is 0 Å². The van der Waals surface area contributed by atoms with Gasteiger partial charge in [-0.1, -0.05) is 32.9 Å². The Hall–Kier alpha value is -3.19. The summed E-state index contributed by atoms with van der Waals surface area (Å²) in [7, 11) is 0. The number of carbonyl (C=O) groups is 2. The first-order valence-corrected chi connectivity index (χ1v) is 9.97. The number of anilines is 2. The van der Waals surface area contributed by atoms with Crippen LogP contribution in [0.2, 0.25) is 0 Å². The molecule has 7 heteroatoms. The maximum Gasteiger partial charge on any atom is 0.323 e. The molecule has 1 aromatic carbocycles. The summed E-state index contributed by atoms with van der Waals surface area (Å²) in [6, 6.07) is 13.0. The standard InChI is InChI=1S/C22H23N3O3S/c1-22(2,3)19-13-18(20(29-19)28-14-26)25-21(27)24-17-6-4-15(5-7-17)12-16-8-10-23-11-9-16/h4-11,13-14H,12H2,1-3H3,(H2,24,25,27). The molecule has 0 aliphatic heterocycles. The SMILES string of the molecule is CC(C)(C)c1cc(NC(=O)Nc2ccc(Cc3ccncc3)cc2)c(OC=O)s1. The van der Waals surface area contributed by atoms with E-state index in [0.29, 0.717) is 22.9 Å². The Bertz CT molecular complexity index is 977. The topological polar surface area (TPSA) is 80.3 Å². The Morgan fingerprint density at radius 2 is 1.72 bits per heavy atom. The van der Waals surface area contributed by atoms with Crippen molar-refractivity contribution >= 4 is 35.2 Å². The molecule has 3 aromatic rings. The van der Waals surface area contributed by atoms with E-state index in [-0.39, 0.29) is 5.41 Å². The van der Waals surface area contributed by atoms with E-state index in [1.165, 1.54) is 16.9 Å². The molecular weight excluding hydrogens is 386 g/mol. The summed E-state index contributed by atoms with van der Waals surface area (Å²) in [6.45, 7) is 6.53. The van der Waals surface area contributed by atoms with Gasteiger partial charge in [0, 0.05) is 23.0 Å². The van der Waals surface area contributed by atoms with Crippen molar-refractivity contribution in [2.24, 2.45) is 0 Å². The molecule has 0 saturated heterocycles. The van der Waals surface area contributed by atoms with Crippen molar-refractivity contribution in [3.63, 3.8) is 0 Å². The van der Waals surface area contributed by atoms with Gasteiger partial charge in [-0.15, -0.1) is 11.3 Å². The number of benzene rings is 1. The second-order valence-electron chi connectivity index (χ2n) is 7.58. The Balaban J connectivity index is 1.65. The van der Waals surface area contributed by atoms with Crippen molar-refractivity contribution in [1.29, 1.82) is 0 Å². The van der Waals surface area contributed by atoms with E-state index < -0.39 is 6.03 Å². The molecule has 2 N–H and O–H groups in total. The molecule has 0 unspecified atom stereocenters. The zero-order chi connectivity index (χ0) is 20.9. The highest BCUT2D eigenvalue weighted by Crippen LogP contribution is 2.40. The van der Waals surface area contributed by atoms with Crippen LogP contribution in [0, 0.1) is 0 Å². The van der Waals surface area contributed by atoms with Crippen LogP contribution >= 0.6 is 11.3 Å². The first kappa shape index (κ1) is 20.5. The Morgan fingerprint density at radius 1 is 1.07 bits per heavy atom. The van der Waals surface area contributed by atoms with E-state index >= 15 is 0 Å². The highest BCUT2D eigenvalue weighted by atomic mass is 32.1. The fourth-order valence-corrected chi connectivity index (χ4v) is 3.68. The fraction of sp³-hybridized carbons (Fsp3) is 0.227. The summed E-state index contributed by atoms with van der Waals surface area (Å²) < 4.78 is 5.03. The number of aromatic nitrogens is 1. The molecule has 150 valence electrons. The van der Waals surface area contributed by atoms with Crippen LogP contribution in [-0.2, 0) is 16.6 Å². The summed E-state index contributed by atoms with van der Waals surface area (Å²) in [6.07, 6.45) is 4.34. The molecule has 0 aliphatic rings. The lowest BCUT2D eigenvalue weighted by molar-refractivity contribution is -0.120. The summed E-state index contributed by atoms with van der Waals surface area (Å²) in [4.78, 5) is 28.2. The molecule has 0 aliphatic carbocycles. The molecule has 29 heavy (non-hydrogen) atoms. The number of rotatable bonds is 6. The average molecular weight is 410 g/mol. The van der Waals surface area contributed by atoms with Crippen molar-refractivity contribution < 1.29 is 14.3 Å². The third-order valence-electron chi connectivity index (χ3n) is 4.21. The quantitative estimate of drug-likeness (QED) is 0.548. The number of hydrogen-bond acceptors (Lipinski definition) is 5. The number of nitrogens with one attached hydrogen (secondary N) is 2. The maximum absolute atomic E-state index is 12.4. The Morgan fingerprint density at radius 3 is 2.34 bits per heavy atom. The van der Waals surface area contributed by atoms with Crippen LogP contribution in [0.5, 0.6) is 5.06 Å². The monoisotopic (exact) mass is 409 g/mol. The first-order valence-electron chi connectivity index (χ1n) is 9.15. The Labute approximate surface area is 173 Å². The van der Waals surface area contributed by atoms with E-state index in [4.69, 9.17) is 4.74 Å². The van der Waals surface area contributed by atoms with Gasteiger partial charge in [-0.05, 0) is 53.3 Å². The number of ether oxygens (including phenoxy) is 1. The third-order valence-corrected chi connectivity index (χ3v) is 5.66. The van der Waals surface area contributed by atoms with Gasteiger partial charge in [-0.2, -0.15) is 0 Å². The second kappa shape index (κ2) is 8.87. The predicted octanol–water partition coefficient (Wildman–Crippen LogP) is 5.21. The largest absolute Gasteiger partial charge is 0.415 e. The van der Waals surface area contributed by atoms with E-state index in [1.807, 2.05) is 42.5 Å². The summed E-state index contributed by atoms with van der Waals surface area (Å²) in [5.41, 5.74) is 3.33. The molecule has 0 saturated carbocycles. The van der Waals surface area contributed by atoms with Crippen LogP contribution < -0.4 is 15.4 Å². The fourth-order valence-electron chi connectivity index (χ4n) is 2.69. The molecule has 6 nitrogen and oxygen atoms in total. The van der Waals surface area contributed by atoms with E-state index in [2.05, 4.69) is 36.4 Å². The maximum atomic E-state index is 12.4. The van der Waals surface area contributed by atoms with Crippen LogP contribution in [-0.4, -0.2) is 17.5 Å². The zero-order valence-electron chi connectivity index (χ0n) is 16.6. The molecule has 0 atom stereocenters. The Kier molecular flexibility index (Phi) is 6.29. The van der Waals surface area contributed by atoms with Gasteiger partial charge >= 0.3 is 6.03 Å². The lowest BCUT2D eigenvalue weighted by atomic mass is 9.95. The van der Waals surface area contributed by atoms with Gasteiger partial charge in [0.25, 0.3) is 6.47 Å². The van der Waals surface area contributed by atoms with Crippen LogP contribution in [0.15, 0.2) is 54.9 Å². The minimum absolute atomic E-state index is 0.118. The average Bonchev–Trinajstić information content (AvgIpc) is 3.07.